The van der Waals surface area contributed by atoms with Crippen LogP contribution in [0.2, 0.25) is 0 Å². The lowest BCUT2D eigenvalue weighted by Crippen LogP contribution is -2.51. The van der Waals surface area contributed by atoms with Crippen molar-refractivity contribution in [1.82, 2.24) is 4.90 Å². The molecule has 0 aliphatic carbocycles. The van der Waals surface area contributed by atoms with Gasteiger partial charge in [0.05, 0.1) is 40.1 Å². The van der Waals surface area contributed by atoms with E-state index in [-0.39, 0.29) is 5.54 Å². The van der Waals surface area contributed by atoms with E-state index in [4.69, 9.17) is 18.9 Å². The molecule has 0 N–H and O–H groups in total. The summed E-state index contributed by atoms with van der Waals surface area (Å²) >= 11 is 0. The van der Waals surface area contributed by atoms with Crippen molar-refractivity contribution in [2.24, 2.45) is 0 Å². The van der Waals surface area contributed by atoms with E-state index in [0.29, 0.717) is 30.5 Å². The summed E-state index contributed by atoms with van der Waals surface area (Å²) in [6.07, 6.45) is 1.00. The normalized spacial score (nSPS) is 18.5. The van der Waals surface area contributed by atoms with Crippen LogP contribution in [-0.2, 0) is 16.9 Å². The maximum Gasteiger partial charge on any atom is 0.203 e. The Morgan fingerprint density at radius 3 is 2.24 bits per heavy atom. The number of hydrogen-bond donors (Lipinski definition) is 0. The number of anilines is 1. The number of methoxy groups -OCH3 is 3. The van der Waals surface area contributed by atoms with Crippen molar-refractivity contribution in [3.05, 3.63) is 47.5 Å². The lowest BCUT2D eigenvalue weighted by Gasteiger charge is -2.46. The number of likely N-dealkylation sites (N-methyl/N-ethyl adjacent to an activating group) is 1. The van der Waals surface area contributed by atoms with Crippen molar-refractivity contribution < 1.29 is 18.9 Å². The van der Waals surface area contributed by atoms with E-state index < -0.39 is 0 Å². The van der Waals surface area contributed by atoms with Crippen LogP contribution < -0.4 is 19.1 Å². The van der Waals surface area contributed by atoms with Gasteiger partial charge in [-0.25, -0.2) is 0 Å². The second kappa shape index (κ2) is 8.93. The summed E-state index contributed by atoms with van der Waals surface area (Å²) in [5.41, 5.74) is 3.39. The van der Waals surface area contributed by atoms with Crippen molar-refractivity contribution in [3.63, 3.8) is 0 Å². The summed E-state index contributed by atoms with van der Waals surface area (Å²) in [7, 11) is 11.3. The van der Waals surface area contributed by atoms with Gasteiger partial charge in [-0.1, -0.05) is 18.2 Å². The number of benzene rings is 2. The number of para-hydroxylation sites is 1. The Morgan fingerprint density at radius 2 is 1.66 bits per heavy atom. The van der Waals surface area contributed by atoms with Gasteiger partial charge >= 0.3 is 0 Å². The number of hydrogen-bond acceptors (Lipinski definition) is 6. The summed E-state index contributed by atoms with van der Waals surface area (Å²) in [6.45, 7) is 2.05. The van der Waals surface area contributed by atoms with Crippen LogP contribution in [0.5, 0.6) is 17.2 Å². The van der Waals surface area contributed by atoms with E-state index in [1.54, 1.807) is 21.3 Å². The molecule has 0 aromatic heterocycles. The second-order valence-corrected chi connectivity index (χ2v) is 7.64. The van der Waals surface area contributed by atoms with E-state index in [9.17, 15) is 0 Å². The molecule has 0 radical (unpaired) electrons. The fraction of sp³-hybridized carbons (Fsp3) is 0.478. The van der Waals surface area contributed by atoms with Gasteiger partial charge in [0, 0.05) is 19.3 Å². The molecule has 0 amide bonds. The lowest BCUT2D eigenvalue weighted by atomic mass is 9.81. The largest absolute Gasteiger partial charge is 0.493 e. The molecule has 2 aromatic carbocycles. The minimum atomic E-state index is -0.163. The summed E-state index contributed by atoms with van der Waals surface area (Å²) in [5.74, 6) is 1.86. The van der Waals surface area contributed by atoms with E-state index >= 15 is 0 Å². The molecule has 0 saturated carbocycles. The van der Waals surface area contributed by atoms with Crippen molar-refractivity contribution >= 4 is 5.69 Å². The molecule has 1 heterocycles. The predicted molar refractivity (Wildman–Crippen MR) is 115 cm³/mol. The van der Waals surface area contributed by atoms with Crippen LogP contribution in [-0.4, -0.2) is 60.5 Å². The highest BCUT2D eigenvalue weighted by Gasteiger charge is 2.40. The van der Waals surface area contributed by atoms with Crippen LogP contribution in [0.25, 0.3) is 0 Å². The van der Waals surface area contributed by atoms with Gasteiger partial charge in [-0.3, -0.25) is 4.90 Å². The first kappa shape index (κ1) is 21.3. The lowest BCUT2D eigenvalue weighted by molar-refractivity contribution is -0.00162. The average molecular weight is 401 g/mol. The molecule has 0 fully saturated rings. The van der Waals surface area contributed by atoms with E-state index in [0.717, 1.165) is 18.5 Å². The molecule has 1 atom stereocenters. The molecule has 3 rings (SSSR count). The van der Waals surface area contributed by atoms with Crippen molar-refractivity contribution in [2.75, 3.05) is 60.5 Å². The molecule has 29 heavy (non-hydrogen) atoms. The molecule has 1 unspecified atom stereocenters. The topological polar surface area (TPSA) is 43.4 Å². The fourth-order valence-electron chi connectivity index (χ4n) is 4.11. The van der Waals surface area contributed by atoms with Crippen LogP contribution in [0.1, 0.15) is 17.5 Å². The first-order chi connectivity index (χ1) is 14.0. The Balaban J connectivity index is 1.83. The van der Waals surface area contributed by atoms with Gasteiger partial charge in [0.2, 0.25) is 5.75 Å². The Morgan fingerprint density at radius 1 is 1.00 bits per heavy atom. The van der Waals surface area contributed by atoms with E-state index in [2.05, 4.69) is 55.2 Å². The monoisotopic (exact) mass is 400 g/mol. The molecule has 1 aliphatic heterocycles. The standard InChI is InChI=1S/C23H32N2O4/c1-24(2)23(11-12-25(3)19-10-8-7-9-18(19)23)16-29-15-17-13-20(26-4)22(28-6)21(14-17)27-5/h7-10,13-14H,11-12,15-16H2,1-6H3. The Labute approximate surface area is 173 Å². The van der Waals surface area contributed by atoms with Crippen molar-refractivity contribution in [3.8, 4) is 17.2 Å². The molecular formula is C23H32N2O4. The molecule has 0 saturated heterocycles. The van der Waals surface area contributed by atoms with Gasteiger partial charge < -0.3 is 23.8 Å². The average Bonchev–Trinajstić information content (AvgIpc) is 2.74. The molecule has 2 aromatic rings. The van der Waals surface area contributed by atoms with Crippen LogP contribution in [0.3, 0.4) is 0 Å². The summed E-state index contributed by atoms with van der Waals surface area (Å²) in [5, 5.41) is 0. The highest BCUT2D eigenvalue weighted by molar-refractivity contribution is 5.58. The van der Waals surface area contributed by atoms with E-state index in [1.807, 2.05) is 12.1 Å². The molecule has 158 valence electrons. The summed E-state index contributed by atoms with van der Waals surface area (Å²) < 4.78 is 22.6. The third-order valence-electron chi connectivity index (χ3n) is 5.87. The molecule has 0 spiro atoms. The minimum Gasteiger partial charge on any atom is -0.493 e. The molecule has 6 nitrogen and oxygen atoms in total. The zero-order valence-corrected chi connectivity index (χ0v) is 18.3. The third-order valence-corrected chi connectivity index (χ3v) is 5.87. The molecule has 0 bridgehead atoms. The second-order valence-electron chi connectivity index (χ2n) is 7.64. The maximum atomic E-state index is 6.28. The van der Waals surface area contributed by atoms with Gasteiger partial charge in [-0.2, -0.15) is 0 Å². The number of ether oxygens (including phenoxy) is 4. The van der Waals surface area contributed by atoms with Gasteiger partial charge in [0.1, 0.15) is 0 Å². The summed E-state index contributed by atoms with van der Waals surface area (Å²) in [4.78, 5) is 4.60. The third kappa shape index (κ3) is 4.00. The maximum absolute atomic E-state index is 6.28. The number of fused-ring (bicyclic) bond motifs is 1. The highest BCUT2D eigenvalue weighted by Crippen LogP contribution is 2.42. The Kier molecular flexibility index (Phi) is 6.55. The molecular weight excluding hydrogens is 368 g/mol. The van der Waals surface area contributed by atoms with Crippen molar-refractivity contribution in [2.45, 2.75) is 18.6 Å². The van der Waals surface area contributed by atoms with Crippen LogP contribution in [0, 0.1) is 0 Å². The first-order valence-electron chi connectivity index (χ1n) is 9.81. The van der Waals surface area contributed by atoms with Crippen LogP contribution in [0.4, 0.5) is 5.69 Å². The zero-order chi connectivity index (χ0) is 21.0. The highest BCUT2D eigenvalue weighted by atomic mass is 16.5. The van der Waals surface area contributed by atoms with Crippen LogP contribution >= 0.6 is 0 Å². The molecule has 1 aliphatic rings. The Bertz CT molecular complexity index is 814. The minimum absolute atomic E-state index is 0.163. The number of rotatable bonds is 8. The van der Waals surface area contributed by atoms with Gasteiger partial charge in [-0.15, -0.1) is 0 Å². The Hall–Kier alpha value is -2.44. The number of nitrogens with zero attached hydrogens (tertiary/aromatic N) is 2. The predicted octanol–water partition coefficient (Wildman–Crippen LogP) is 3.53. The van der Waals surface area contributed by atoms with Crippen LogP contribution in [0.15, 0.2) is 36.4 Å². The van der Waals surface area contributed by atoms with Crippen molar-refractivity contribution in [1.29, 1.82) is 0 Å². The van der Waals surface area contributed by atoms with E-state index in [1.165, 1.54) is 11.3 Å². The SMILES string of the molecule is COc1cc(COCC2(N(C)C)CCN(C)c3ccccc32)cc(OC)c1OC. The summed E-state index contributed by atoms with van der Waals surface area (Å²) in [6, 6.07) is 12.5. The fourth-order valence-corrected chi connectivity index (χ4v) is 4.11. The zero-order valence-electron chi connectivity index (χ0n) is 18.3. The van der Waals surface area contributed by atoms with Gasteiger partial charge in [0.25, 0.3) is 0 Å². The smallest absolute Gasteiger partial charge is 0.203 e. The first-order valence-corrected chi connectivity index (χ1v) is 9.81. The molecule has 6 heteroatoms. The van der Waals surface area contributed by atoms with Gasteiger partial charge in [-0.05, 0) is 49.8 Å². The van der Waals surface area contributed by atoms with Gasteiger partial charge in [0.15, 0.2) is 11.5 Å². The quantitative estimate of drug-likeness (QED) is 0.675.